The minimum Gasteiger partial charge on any atom is -0.478 e. The van der Waals surface area contributed by atoms with Crippen LogP contribution in [0.4, 0.5) is 0 Å². The molecule has 1 rings (SSSR count). The Morgan fingerprint density at radius 2 is 1.94 bits per heavy atom. The quantitative estimate of drug-likeness (QED) is 0.695. The summed E-state index contributed by atoms with van der Waals surface area (Å²) in [7, 11) is 0. The van der Waals surface area contributed by atoms with Gasteiger partial charge in [0.15, 0.2) is 0 Å². The van der Waals surface area contributed by atoms with Crippen LogP contribution in [-0.2, 0) is 11.2 Å². The molecular weight excluding hydrogens is 232 g/mol. The average molecular weight is 250 g/mol. The van der Waals surface area contributed by atoms with E-state index in [1.54, 1.807) is 24.3 Å². The van der Waals surface area contributed by atoms with E-state index in [9.17, 15) is 9.59 Å². The average Bonchev–Trinajstić information content (AvgIpc) is 2.38. The third kappa shape index (κ3) is 4.18. The summed E-state index contributed by atoms with van der Waals surface area (Å²) in [6, 6.07) is 6.14. The lowest BCUT2D eigenvalue weighted by Crippen LogP contribution is -2.40. The van der Waals surface area contributed by atoms with Crippen molar-refractivity contribution in [2.24, 2.45) is 5.73 Å². The van der Waals surface area contributed by atoms with E-state index in [1.165, 1.54) is 0 Å². The van der Waals surface area contributed by atoms with Crippen LogP contribution >= 0.6 is 0 Å². The fraction of sp³-hybridized carbons (Fsp3) is 0.385. The number of carboxylic acid groups (broad SMARTS) is 1. The molecule has 18 heavy (non-hydrogen) atoms. The second kappa shape index (κ2) is 6.76. The molecule has 0 aliphatic carbocycles. The molecule has 0 saturated carbocycles. The van der Waals surface area contributed by atoms with Gasteiger partial charge in [-0.25, -0.2) is 4.79 Å². The van der Waals surface area contributed by atoms with Gasteiger partial charge in [0, 0.05) is 6.54 Å². The molecule has 4 N–H and O–H groups in total. The Labute approximate surface area is 106 Å². The van der Waals surface area contributed by atoms with Crippen LogP contribution in [0.1, 0.15) is 29.3 Å². The molecule has 0 aromatic heterocycles. The third-order valence-electron chi connectivity index (χ3n) is 2.69. The second-order valence-electron chi connectivity index (χ2n) is 4.06. The largest absolute Gasteiger partial charge is 0.478 e. The first-order chi connectivity index (χ1) is 8.54. The Hall–Kier alpha value is -1.88. The van der Waals surface area contributed by atoms with Crippen LogP contribution in [0.5, 0.6) is 0 Å². The number of rotatable bonds is 6. The first kappa shape index (κ1) is 14.2. The zero-order valence-electron chi connectivity index (χ0n) is 10.3. The standard InChI is InChI=1S/C13H18N2O3/c1-2-11(14)12(16)15-8-7-9-3-5-10(6-4-9)13(17)18/h3-6,11H,2,7-8,14H2,1H3,(H,15,16)(H,17,18)/t11-/m1/s1. The molecule has 0 unspecified atom stereocenters. The van der Waals surface area contributed by atoms with Crippen LogP contribution in [0.2, 0.25) is 0 Å². The Balaban J connectivity index is 2.40. The van der Waals surface area contributed by atoms with Crippen molar-refractivity contribution in [1.29, 1.82) is 0 Å². The molecule has 0 spiro atoms. The van der Waals surface area contributed by atoms with Gasteiger partial charge in [0.2, 0.25) is 5.91 Å². The summed E-state index contributed by atoms with van der Waals surface area (Å²) >= 11 is 0. The van der Waals surface area contributed by atoms with Crippen molar-refractivity contribution >= 4 is 11.9 Å². The molecular formula is C13H18N2O3. The van der Waals surface area contributed by atoms with E-state index in [0.29, 0.717) is 19.4 Å². The smallest absolute Gasteiger partial charge is 0.335 e. The number of nitrogens with one attached hydrogen (secondary N) is 1. The van der Waals surface area contributed by atoms with Crippen LogP contribution in [0.25, 0.3) is 0 Å². The summed E-state index contributed by atoms with van der Waals surface area (Å²) in [6.45, 7) is 2.35. The minimum atomic E-state index is -0.941. The first-order valence-electron chi connectivity index (χ1n) is 5.90. The highest BCUT2D eigenvalue weighted by atomic mass is 16.4. The van der Waals surface area contributed by atoms with Crippen molar-refractivity contribution in [2.45, 2.75) is 25.8 Å². The molecule has 0 heterocycles. The third-order valence-corrected chi connectivity index (χ3v) is 2.69. The van der Waals surface area contributed by atoms with Crippen LogP contribution in [0, 0.1) is 0 Å². The minimum absolute atomic E-state index is 0.153. The van der Waals surface area contributed by atoms with Gasteiger partial charge in [-0.2, -0.15) is 0 Å². The Bertz CT molecular complexity index is 415. The summed E-state index contributed by atoms with van der Waals surface area (Å²) in [4.78, 5) is 22.0. The molecule has 0 radical (unpaired) electrons. The molecule has 5 nitrogen and oxygen atoms in total. The Morgan fingerprint density at radius 1 is 1.33 bits per heavy atom. The molecule has 0 saturated heterocycles. The van der Waals surface area contributed by atoms with Gasteiger partial charge in [-0.1, -0.05) is 19.1 Å². The zero-order chi connectivity index (χ0) is 13.5. The molecule has 1 amide bonds. The predicted molar refractivity (Wildman–Crippen MR) is 68.4 cm³/mol. The van der Waals surface area contributed by atoms with Crippen LogP contribution in [0.15, 0.2) is 24.3 Å². The Kier molecular flexibility index (Phi) is 5.32. The lowest BCUT2D eigenvalue weighted by Gasteiger charge is -2.09. The Morgan fingerprint density at radius 3 is 2.44 bits per heavy atom. The number of carboxylic acids is 1. The molecule has 1 aromatic rings. The van der Waals surface area contributed by atoms with Crippen molar-refractivity contribution in [2.75, 3.05) is 6.54 Å². The predicted octanol–water partition coefficient (Wildman–Crippen LogP) is 0.781. The van der Waals surface area contributed by atoms with Crippen LogP contribution in [-0.4, -0.2) is 29.6 Å². The number of aromatic carboxylic acids is 1. The van der Waals surface area contributed by atoms with E-state index < -0.39 is 12.0 Å². The maximum absolute atomic E-state index is 11.4. The topological polar surface area (TPSA) is 92.4 Å². The van der Waals surface area contributed by atoms with E-state index in [4.69, 9.17) is 10.8 Å². The fourth-order valence-electron chi connectivity index (χ4n) is 1.46. The van der Waals surface area contributed by atoms with Gasteiger partial charge in [-0.3, -0.25) is 4.79 Å². The SMILES string of the molecule is CC[C@@H](N)C(=O)NCCc1ccc(C(=O)O)cc1. The van der Waals surface area contributed by atoms with Crippen molar-refractivity contribution in [3.63, 3.8) is 0 Å². The van der Waals surface area contributed by atoms with Crippen molar-refractivity contribution in [1.82, 2.24) is 5.32 Å². The van der Waals surface area contributed by atoms with Gasteiger partial charge in [0.1, 0.15) is 0 Å². The molecule has 98 valence electrons. The van der Waals surface area contributed by atoms with Crippen molar-refractivity contribution in [3.8, 4) is 0 Å². The zero-order valence-corrected chi connectivity index (χ0v) is 10.3. The summed E-state index contributed by atoms with van der Waals surface area (Å²) in [5.41, 5.74) is 6.81. The maximum atomic E-state index is 11.4. The maximum Gasteiger partial charge on any atom is 0.335 e. The number of hydrogen-bond acceptors (Lipinski definition) is 3. The molecule has 0 bridgehead atoms. The van der Waals surface area contributed by atoms with Gasteiger partial charge in [-0.05, 0) is 30.5 Å². The number of benzene rings is 1. The second-order valence-corrected chi connectivity index (χ2v) is 4.06. The van der Waals surface area contributed by atoms with Gasteiger partial charge < -0.3 is 16.2 Å². The number of hydrogen-bond donors (Lipinski definition) is 3. The van der Waals surface area contributed by atoms with Gasteiger partial charge in [0.05, 0.1) is 11.6 Å². The van der Waals surface area contributed by atoms with E-state index in [-0.39, 0.29) is 11.5 Å². The number of carbonyl (C=O) groups excluding carboxylic acids is 1. The molecule has 0 fully saturated rings. The molecule has 1 aromatic carbocycles. The molecule has 5 heteroatoms. The van der Waals surface area contributed by atoms with Gasteiger partial charge in [0.25, 0.3) is 0 Å². The lowest BCUT2D eigenvalue weighted by molar-refractivity contribution is -0.122. The monoisotopic (exact) mass is 250 g/mol. The summed E-state index contributed by atoms with van der Waals surface area (Å²) in [6.07, 6.45) is 1.27. The number of amides is 1. The summed E-state index contributed by atoms with van der Waals surface area (Å²) in [5, 5.41) is 11.5. The lowest BCUT2D eigenvalue weighted by atomic mass is 10.1. The van der Waals surface area contributed by atoms with E-state index in [0.717, 1.165) is 5.56 Å². The molecule has 1 atom stereocenters. The molecule has 0 aliphatic heterocycles. The highest BCUT2D eigenvalue weighted by Crippen LogP contribution is 2.04. The van der Waals surface area contributed by atoms with Crippen molar-refractivity contribution in [3.05, 3.63) is 35.4 Å². The normalized spacial score (nSPS) is 11.9. The molecule has 0 aliphatic rings. The van der Waals surface area contributed by atoms with Crippen molar-refractivity contribution < 1.29 is 14.7 Å². The summed E-state index contributed by atoms with van der Waals surface area (Å²) < 4.78 is 0. The highest BCUT2D eigenvalue weighted by Gasteiger charge is 2.09. The number of carbonyl (C=O) groups is 2. The number of nitrogens with two attached hydrogens (primary N) is 1. The van der Waals surface area contributed by atoms with E-state index in [2.05, 4.69) is 5.32 Å². The van der Waals surface area contributed by atoms with Crippen LogP contribution < -0.4 is 11.1 Å². The van der Waals surface area contributed by atoms with E-state index in [1.807, 2.05) is 6.92 Å². The van der Waals surface area contributed by atoms with E-state index >= 15 is 0 Å². The first-order valence-corrected chi connectivity index (χ1v) is 5.90. The highest BCUT2D eigenvalue weighted by molar-refractivity contribution is 5.87. The summed E-state index contributed by atoms with van der Waals surface area (Å²) in [5.74, 6) is -1.09. The van der Waals surface area contributed by atoms with Gasteiger partial charge in [-0.15, -0.1) is 0 Å². The van der Waals surface area contributed by atoms with Gasteiger partial charge >= 0.3 is 5.97 Å². The fourth-order valence-corrected chi connectivity index (χ4v) is 1.46. The van der Waals surface area contributed by atoms with Crippen LogP contribution in [0.3, 0.4) is 0 Å².